The number of non-ortho nitro benzene ring substituents is 1. The van der Waals surface area contributed by atoms with Crippen molar-refractivity contribution < 1.29 is 43.1 Å². The molecule has 15 nitrogen and oxygen atoms in total. The van der Waals surface area contributed by atoms with Gasteiger partial charge < -0.3 is 33.7 Å². The van der Waals surface area contributed by atoms with Crippen molar-refractivity contribution in [2.45, 2.75) is 71.6 Å². The van der Waals surface area contributed by atoms with Crippen LogP contribution in [-0.4, -0.2) is 68.3 Å². The number of carbonyl (C=O) groups excluding carboxylic acids is 3. The van der Waals surface area contributed by atoms with Crippen molar-refractivity contribution in [3.8, 4) is 17.1 Å². The highest BCUT2D eigenvalue weighted by molar-refractivity contribution is 5.90. The van der Waals surface area contributed by atoms with E-state index in [1.54, 1.807) is 62.6 Å². The number of quaternary nitrogens is 1. The number of pyridine rings is 2. The van der Waals surface area contributed by atoms with Crippen LogP contribution in [0.4, 0.5) is 10.5 Å². The van der Waals surface area contributed by atoms with Crippen LogP contribution in [0.3, 0.4) is 0 Å². The van der Waals surface area contributed by atoms with Gasteiger partial charge in [0.15, 0.2) is 5.60 Å². The first-order valence-corrected chi connectivity index (χ1v) is 16.7. The largest absolute Gasteiger partial charge is 0.459 e. The summed E-state index contributed by atoms with van der Waals surface area (Å²) in [4.78, 5) is 67.3. The molecule has 0 saturated heterocycles. The van der Waals surface area contributed by atoms with Gasteiger partial charge in [0.25, 0.3) is 11.2 Å². The predicted octanol–water partition coefficient (Wildman–Crippen LogP) is 4.19. The van der Waals surface area contributed by atoms with E-state index in [1.165, 1.54) is 12.1 Å². The lowest BCUT2D eigenvalue weighted by molar-refractivity contribution is -0.916. The topological polar surface area (TPSA) is 189 Å². The fourth-order valence-corrected chi connectivity index (χ4v) is 6.71. The Labute approximate surface area is 298 Å². The first kappa shape index (κ1) is 36.1. The number of carbonyl (C=O) groups is 3. The summed E-state index contributed by atoms with van der Waals surface area (Å²) in [7, 11) is 3.93. The predicted molar refractivity (Wildman–Crippen MR) is 187 cm³/mol. The van der Waals surface area contributed by atoms with E-state index >= 15 is 0 Å². The number of nitrogens with zero attached hydrogens (tertiary/aromatic N) is 4. The average molecular weight is 715 g/mol. The fourth-order valence-electron chi connectivity index (χ4n) is 6.71. The van der Waals surface area contributed by atoms with Crippen LogP contribution in [0.2, 0.25) is 0 Å². The van der Waals surface area contributed by atoms with Gasteiger partial charge in [0.1, 0.15) is 37.6 Å². The van der Waals surface area contributed by atoms with Crippen LogP contribution >= 0.6 is 0 Å². The number of hydrogen-bond donors (Lipinski definition) is 2. The van der Waals surface area contributed by atoms with Crippen LogP contribution in [0.1, 0.15) is 61.9 Å². The molecule has 2 aromatic heterocycles. The summed E-state index contributed by atoms with van der Waals surface area (Å²) in [5.74, 6) is -1.22. The number of hydrogen-bond acceptors (Lipinski definition) is 11. The Hall–Kier alpha value is -5.67. The number of rotatable bonds is 9. The van der Waals surface area contributed by atoms with Gasteiger partial charge in [-0.3, -0.25) is 19.7 Å². The summed E-state index contributed by atoms with van der Waals surface area (Å²) in [6, 6.07) is 13.1. The third kappa shape index (κ3) is 6.96. The molecule has 2 aliphatic heterocycles. The molecule has 15 heteroatoms. The molecule has 4 heterocycles. The Morgan fingerprint density at radius 2 is 1.83 bits per heavy atom. The second-order valence-electron chi connectivity index (χ2n) is 14.7. The maximum Gasteiger partial charge on any atom is 0.413 e. The van der Waals surface area contributed by atoms with Gasteiger partial charge in [-0.15, -0.1) is 0 Å². The Balaban J connectivity index is 1.39. The van der Waals surface area contributed by atoms with E-state index in [-0.39, 0.29) is 47.7 Å². The number of amides is 1. The van der Waals surface area contributed by atoms with Gasteiger partial charge in [0.05, 0.1) is 53.6 Å². The lowest BCUT2D eigenvalue weighted by Crippen LogP contribution is -2.44. The number of fused-ring (bicyclic) bond motifs is 5. The lowest BCUT2D eigenvalue weighted by Gasteiger charge is -2.31. The van der Waals surface area contributed by atoms with E-state index in [4.69, 9.17) is 19.2 Å². The molecule has 0 radical (unpaired) electrons. The summed E-state index contributed by atoms with van der Waals surface area (Å²) < 4.78 is 18.1. The van der Waals surface area contributed by atoms with Gasteiger partial charge >= 0.3 is 18.0 Å². The van der Waals surface area contributed by atoms with Crippen molar-refractivity contribution in [3.05, 3.63) is 96.8 Å². The van der Waals surface area contributed by atoms with Crippen molar-refractivity contribution in [2.24, 2.45) is 0 Å². The Bertz CT molecular complexity index is 2200. The third-order valence-electron chi connectivity index (χ3n) is 9.10. The van der Waals surface area contributed by atoms with Crippen LogP contribution in [0.15, 0.2) is 53.3 Å². The van der Waals surface area contributed by atoms with Crippen LogP contribution in [0, 0.1) is 10.1 Å². The SMILES string of the molecule is CC[C@@]1(O)C(=O)OCc2c1cc1n(c2=O)Cc2cc3c(C[N+](C)(C)Cc4ccc([N+](=O)[O-])cc4)c(OC(=O)NCC(=O)OC(C)(C)C)ccc3nc2-1. The van der Waals surface area contributed by atoms with Crippen molar-refractivity contribution in [1.29, 1.82) is 0 Å². The molecular formula is C37H40N5O10+. The molecule has 1 atom stereocenters. The molecule has 2 aromatic carbocycles. The van der Waals surface area contributed by atoms with Crippen LogP contribution < -0.4 is 15.6 Å². The lowest BCUT2D eigenvalue weighted by atomic mass is 9.86. The van der Waals surface area contributed by atoms with E-state index in [2.05, 4.69) is 5.32 Å². The van der Waals surface area contributed by atoms with Crippen molar-refractivity contribution in [1.82, 2.24) is 14.9 Å². The van der Waals surface area contributed by atoms with E-state index < -0.39 is 40.7 Å². The molecule has 0 unspecified atom stereocenters. The van der Waals surface area contributed by atoms with E-state index in [0.717, 1.165) is 5.56 Å². The summed E-state index contributed by atoms with van der Waals surface area (Å²) in [6.07, 6.45) is -0.850. The zero-order chi connectivity index (χ0) is 37.7. The van der Waals surface area contributed by atoms with E-state index in [1.807, 2.05) is 20.2 Å². The number of nitro benzene ring substituents is 1. The van der Waals surface area contributed by atoms with E-state index in [9.17, 15) is 34.4 Å². The van der Waals surface area contributed by atoms with Gasteiger partial charge in [0.2, 0.25) is 0 Å². The zero-order valence-electron chi connectivity index (χ0n) is 29.8. The summed E-state index contributed by atoms with van der Waals surface area (Å²) in [5, 5.41) is 25.5. The molecule has 0 fully saturated rings. The zero-order valence-corrected chi connectivity index (χ0v) is 29.8. The molecule has 0 aliphatic carbocycles. The van der Waals surface area contributed by atoms with Gasteiger partial charge in [-0.25, -0.2) is 14.6 Å². The highest BCUT2D eigenvalue weighted by Crippen LogP contribution is 2.40. The summed E-state index contributed by atoms with van der Waals surface area (Å²) in [6.45, 7) is 7.08. The fraction of sp³-hybridized carbons (Fsp3) is 0.378. The summed E-state index contributed by atoms with van der Waals surface area (Å²) >= 11 is 0. The quantitative estimate of drug-likeness (QED) is 0.0964. The van der Waals surface area contributed by atoms with Crippen molar-refractivity contribution >= 4 is 34.6 Å². The minimum absolute atomic E-state index is 0.0180. The minimum atomic E-state index is -1.96. The molecule has 0 bridgehead atoms. The maximum absolute atomic E-state index is 13.7. The van der Waals surface area contributed by atoms with Crippen molar-refractivity contribution in [2.75, 3.05) is 20.6 Å². The molecule has 1 amide bonds. The van der Waals surface area contributed by atoms with Gasteiger partial charge in [0, 0.05) is 34.2 Å². The number of nitro groups is 1. The number of nitrogens with one attached hydrogen (secondary N) is 1. The molecule has 6 rings (SSSR count). The van der Waals surface area contributed by atoms with Gasteiger partial charge in [-0.1, -0.05) is 6.92 Å². The number of aliphatic hydroxyl groups is 1. The Morgan fingerprint density at radius 1 is 1.12 bits per heavy atom. The van der Waals surface area contributed by atoms with E-state index in [0.29, 0.717) is 51.0 Å². The number of aromatic nitrogens is 2. The van der Waals surface area contributed by atoms with Crippen LogP contribution in [0.5, 0.6) is 5.75 Å². The molecule has 272 valence electrons. The van der Waals surface area contributed by atoms with Crippen LogP contribution in [0.25, 0.3) is 22.3 Å². The minimum Gasteiger partial charge on any atom is -0.459 e. The first-order valence-electron chi connectivity index (χ1n) is 16.7. The Morgan fingerprint density at radius 3 is 2.48 bits per heavy atom. The van der Waals surface area contributed by atoms with Gasteiger partial charge in [-0.2, -0.15) is 0 Å². The van der Waals surface area contributed by atoms with Crippen molar-refractivity contribution in [3.63, 3.8) is 0 Å². The molecule has 2 aliphatic rings. The van der Waals surface area contributed by atoms with Crippen LogP contribution in [-0.2, 0) is 50.9 Å². The normalized spacial score (nSPS) is 16.4. The number of benzene rings is 2. The summed E-state index contributed by atoms with van der Waals surface area (Å²) in [5.41, 5.74) is 1.00. The third-order valence-corrected chi connectivity index (χ3v) is 9.10. The smallest absolute Gasteiger partial charge is 0.413 e. The molecule has 52 heavy (non-hydrogen) atoms. The maximum atomic E-state index is 13.7. The highest BCUT2D eigenvalue weighted by atomic mass is 16.6. The number of cyclic esters (lactones) is 1. The molecule has 2 N–H and O–H groups in total. The molecule has 0 spiro atoms. The first-order chi connectivity index (χ1) is 24.4. The average Bonchev–Trinajstić information content (AvgIpc) is 3.43. The monoisotopic (exact) mass is 714 g/mol. The Kier molecular flexibility index (Phi) is 9.13. The van der Waals surface area contributed by atoms with Gasteiger partial charge in [-0.05, 0) is 63.6 Å². The standard InChI is InChI=1S/C37H39N5O10/c1-7-37(47)27-15-29-32-22(17-40(29)33(44)26(27)20-50-34(37)45)14-24-25(19-42(5,6)18-21-8-10-23(11-9-21)41(48)49)30(13-12-28(24)39-32)51-35(46)38-16-31(43)52-36(2,3)4/h8-15,47H,7,16-20H2,1-6H3/p+1/t37-/m0/s1. The second-order valence-corrected chi connectivity index (χ2v) is 14.7. The highest BCUT2D eigenvalue weighted by Gasteiger charge is 2.45. The second kappa shape index (κ2) is 13.1. The molecule has 0 saturated carbocycles. The number of ether oxygens (including phenoxy) is 3. The molecule has 4 aromatic rings. The molecular weight excluding hydrogens is 674 g/mol. The number of esters is 2.